The highest BCUT2D eigenvalue weighted by Gasteiger charge is 2.16. The number of rotatable bonds is 3. The van der Waals surface area contributed by atoms with E-state index < -0.39 is 5.91 Å². The molecule has 5 nitrogen and oxygen atoms in total. The van der Waals surface area contributed by atoms with Gasteiger partial charge < -0.3 is 4.52 Å². The van der Waals surface area contributed by atoms with Gasteiger partial charge in [0, 0.05) is 0 Å². The normalized spacial score (nSPS) is 9.50. The standard InChI is InChI=1S/C9H10N2O3/c1-4-5-13-11-9(12)8-6(2)10-14-7(8)3/h1H,5H2,2-3H3,(H,11,12). The van der Waals surface area contributed by atoms with E-state index in [1.807, 2.05) is 0 Å². The number of nitrogens with zero attached hydrogens (tertiary/aromatic N) is 1. The van der Waals surface area contributed by atoms with Crippen molar-refractivity contribution in [1.82, 2.24) is 10.6 Å². The molecule has 0 aliphatic rings. The number of amides is 1. The summed E-state index contributed by atoms with van der Waals surface area (Å²) in [6.45, 7) is 3.35. The van der Waals surface area contributed by atoms with Gasteiger partial charge in [0.1, 0.15) is 17.9 Å². The van der Waals surface area contributed by atoms with E-state index in [-0.39, 0.29) is 6.61 Å². The van der Waals surface area contributed by atoms with E-state index in [1.54, 1.807) is 13.8 Å². The number of aryl methyl sites for hydroxylation is 2. The topological polar surface area (TPSA) is 64.4 Å². The molecule has 0 fully saturated rings. The van der Waals surface area contributed by atoms with Crippen molar-refractivity contribution in [3.8, 4) is 12.3 Å². The summed E-state index contributed by atoms with van der Waals surface area (Å²) in [6, 6.07) is 0. The third-order valence-electron chi connectivity index (χ3n) is 1.58. The molecule has 0 unspecified atom stereocenters. The number of hydrogen-bond acceptors (Lipinski definition) is 4. The van der Waals surface area contributed by atoms with Crippen LogP contribution in [0.5, 0.6) is 0 Å². The second-order valence-electron chi connectivity index (χ2n) is 2.62. The van der Waals surface area contributed by atoms with Gasteiger partial charge in [-0.2, -0.15) is 0 Å². The van der Waals surface area contributed by atoms with E-state index in [9.17, 15) is 4.79 Å². The predicted molar refractivity (Wildman–Crippen MR) is 48.2 cm³/mol. The Morgan fingerprint density at radius 1 is 1.71 bits per heavy atom. The van der Waals surface area contributed by atoms with Gasteiger partial charge >= 0.3 is 0 Å². The monoisotopic (exact) mass is 194 g/mol. The summed E-state index contributed by atoms with van der Waals surface area (Å²) >= 11 is 0. The first kappa shape index (κ1) is 10.3. The average molecular weight is 194 g/mol. The van der Waals surface area contributed by atoms with Crippen molar-refractivity contribution in [1.29, 1.82) is 0 Å². The molecule has 0 spiro atoms. The Kier molecular flexibility index (Phi) is 3.26. The highest BCUT2D eigenvalue weighted by atomic mass is 16.6. The summed E-state index contributed by atoms with van der Waals surface area (Å²) in [7, 11) is 0. The van der Waals surface area contributed by atoms with Gasteiger partial charge in [0.2, 0.25) is 0 Å². The highest BCUT2D eigenvalue weighted by Crippen LogP contribution is 2.11. The summed E-state index contributed by atoms with van der Waals surface area (Å²) < 4.78 is 4.82. The second-order valence-corrected chi connectivity index (χ2v) is 2.62. The largest absolute Gasteiger partial charge is 0.361 e. The van der Waals surface area contributed by atoms with Crippen molar-refractivity contribution in [2.45, 2.75) is 13.8 Å². The third-order valence-corrected chi connectivity index (χ3v) is 1.58. The average Bonchev–Trinajstić information content (AvgIpc) is 2.46. The van der Waals surface area contributed by atoms with Gasteiger partial charge in [-0.3, -0.25) is 9.63 Å². The fourth-order valence-electron chi connectivity index (χ4n) is 1.00. The Balaban J connectivity index is 2.66. The molecular weight excluding hydrogens is 184 g/mol. The fourth-order valence-corrected chi connectivity index (χ4v) is 1.00. The van der Waals surface area contributed by atoms with Crippen molar-refractivity contribution in [2.24, 2.45) is 0 Å². The first-order valence-corrected chi connectivity index (χ1v) is 3.95. The molecule has 0 aliphatic carbocycles. The van der Waals surface area contributed by atoms with E-state index in [0.29, 0.717) is 17.0 Å². The minimum atomic E-state index is -0.406. The molecule has 1 aromatic rings. The first-order chi connectivity index (χ1) is 6.66. The zero-order valence-electron chi connectivity index (χ0n) is 7.96. The number of hydrogen-bond donors (Lipinski definition) is 1. The van der Waals surface area contributed by atoms with Crippen LogP contribution in [-0.2, 0) is 4.84 Å². The van der Waals surface area contributed by atoms with Gasteiger partial charge in [0.25, 0.3) is 5.91 Å². The van der Waals surface area contributed by atoms with Gasteiger partial charge in [-0.1, -0.05) is 11.1 Å². The molecule has 1 heterocycles. The zero-order valence-corrected chi connectivity index (χ0v) is 7.96. The zero-order chi connectivity index (χ0) is 10.6. The molecule has 14 heavy (non-hydrogen) atoms. The Bertz CT molecular complexity index is 356. The Hall–Kier alpha value is -1.80. The summed E-state index contributed by atoms with van der Waals surface area (Å²) in [6.07, 6.45) is 4.94. The molecular formula is C9H10N2O3. The van der Waals surface area contributed by atoms with Gasteiger partial charge in [-0.25, -0.2) is 5.48 Å². The maximum absolute atomic E-state index is 11.4. The quantitative estimate of drug-likeness (QED) is 0.434. The van der Waals surface area contributed by atoms with Crippen molar-refractivity contribution in [3.63, 3.8) is 0 Å². The number of terminal acetylenes is 1. The van der Waals surface area contributed by atoms with Crippen LogP contribution in [0.25, 0.3) is 0 Å². The molecule has 0 radical (unpaired) electrons. The number of carbonyl (C=O) groups excluding carboxylic acids is 1. The number of hydroxylamine groups is 1. The molecule has 0 atom stereocenters. The minimum Gasteiger partial charge on any atom is -0.361 e. The second kappa shape index (κ2) is 4.44. The molecule has 5 heteroatoms. The minimum absolute atomic E-state index is 0.0229. The van der Waals surface area contributed by atoms with Crippen LogP contribution in [0.4, 0.5) is 0 Å². The van der Waals surface area contributed by atoms with Crippen molar-refractivity contribution in [2.75, 3.05) is 6.61 Å². The lowest BCUT2D eigenvalue weighted by atomic mass is 10.2. The van der Waals surface area contributed by atoms with Crippen molar-refractivity contribution in [3.05, 3.63) is 17.0 Å². The van der Waals surface area contributed by atoms with E-state index in [0.717, 1.165) is 0 Å². The lowest BCUT2D eigenvalue weighted by Crippen LogP contribution is -2.24. The highest BCUT2D eigenvalue weighted by molar-refractivity contribution is 5.95. The summed E-state index contributed by atoms with van der Waals surface area (Å²) in [5.74, 6) is 2.26. The molecule has 74 valence electrons. The SMILES string of the molecule is C#CCONC(=O)c1c(C)noc1C. The Morgan fingerprint density at radius 3 is 2.93 bits per heavy atom. The molecule has 0 saturated carbocycles. The van der Waals surface area contributed by atoms with Crippen molar-refractivity contribution < 1.29 is 14.2 Å². The lowest BCUT2D eigenvalue weighted by Gasteiger charge is -2.01. The third kappa shape index (κ3) is 2.12. The molecule has 0 saturated heterocycles. The van der Waals surface area contributed by atoms with Gasteiger partial charge in [-0.15, -0.1) is 6.42 Å². The Morgan fingerprint density at radius 2 is 2.43 bits per heavy atom. The van der Waals surface area contributed by atoms with Gasteiger partial charge in [0.05, 0.1) is 5.69 Å². The van der Waals surface area contributed by atoms with Crippen LogP contribution < -0.4 is 5.48 Å². The number of carbonyl (C=O) groups is 1. The maximum atomic E-state index is 11.4. The van der Waals surface area contributed by atoms with Crippen LogP contribution in [0.3, 0.4) is 0 Å². The fraction of sp³-hybridized carbons (Fsp3) is 0.333. The predicted octanol–water partition coefficient (Wildman–Crippen LogP) is 0.586. The van der Waals surface area contributed by atoms with Gasteiger partial charge in [0.15, 0.2) is 0 Å². The molecule has 0 aliphatic heterocycles. The lowest BCUT2D eigenvalue weighted by molar-refractivity contribution is 0.0436. The number of aromatic nitrogens is 1. The molecule has 0 aromatic carbocycles. The Labute approximate surface area is 81.4 Å². The first-order valence-electron chi connectivity index (χ1n) is 3.95. The summed E-state index contributed by atoms with van der Waals surface area (Å²) in [5.41, 5.74) is 3.08. The molecule has 0 bridgehead atoms. The summed E-state index contributed by atoms with van der Waals surface area (Å²) in [4.78, 5) is 16.1. The van der Waals surface area contributed by atoms with Crippen LogP contribution in [0.2, 0.25) is 0 Å². The van der Waals surface area contributed by atoms with Crippen molar-refractivity contribution >= 4 is 5.91 Å². The van der Waals surface area contributed by atoms with E-state index in [1.165, 1.54) is 0 Å². The van der Waals surface area contributed by atoms with Crippen LogP contribution in [0.1, 0.15) is 21.8 Å². The van der Waals surface area contributed by atoms with E-state index >= 15 is 0 Å². The summed E-state index contributed by atoms with van der Waals surface area (Å²) in [5, 5.41) is 3.63. The van der Waals surface area contributed by atoms with E-state index in [2.05, 4.69) is 21.4 Å². The maximum Gasteiger partial charge on any atom is 0.280 e. The van der Waals surface area contributed by atoms with Crippen LogP contribution in [0.15, 0.2) is 4.52 Å². The molecule has 1 rings (SSSR count). The molecule has 1 N–H and O–H groups in total. The van der Waals surface area contributed by atoms with Gasteiger partial charge in [-0.05, 0) is 13.8 Å². The van der Waals surface area contributed by atoms with Crippen LogP contribution in [-0.4, -0.2) is 17.7 Å². The van der Waals surface area contributed by atoms with Crippen LogP contribution >= 0.6 is 0 Å². The molecule has 1 amide bonds. The van der Waals surface area contributed by atoms with E-state index in [4.69, 9.17) is 10.9 Å². The number of nitrogens with one attached hydrogen (secondary N) is 1. The molecule has 1 aromatic heterocycles. The van der Waals surface area contributed by atoms with Crippen LogP contribution in [0, 0.1) is 26.2 Å². The smallest absolute Gasteiger partial charge is 0.280 e.